The van der Waals surface area contributed by atoms with Gasteiger partial charge >= 0.3 is 0 Å². The number of hydrogen-bond acceptors (Lipinski definition) is 4. The lowest BCUT2D eigenvalue weighted by molar-refractivity contribution is -0.117. The summed E-state index contributed by atoms with van der Waals surface area (Å²) in [6.45, 7) is 0.919. The van der Waals surface area contributed by atoms with E-state index in [1.54, 1.807) is 12.4 Å². The minimum absolute atomic E-state index is 0.0301. The van der Waals surface area contributed by atoms with Gasteiger partial charge in [-0.05, 0) is 43.7 Å². The molecule has 0 unspecified atom stereocenters. The minimum atomic E-state index is -0.0625. The minimum Gasteiger partial charge on any atom is -0.325 e. The maximum Gasteiger partial charge on any atom is 0.241 e. The van der Waals surface area contributed by atoms with Crippen molar-refractivity contribution >= 4 is 11.6 Å². The largest absolute Gasteiger partial charge is 0.325 e. The maximum absolute atomic E-state index is 11.9. The van der Waals surface area contributed by atoms with Crippen LogP contribution in [0.5, 0.6) is 0 Å². The van der Waals surface area contributed by atoms with Crippen molar-refractivity contribution in [3.05, 3.63) is 36.7 Å². The number of hydrogen-bond donors (Lipinski definition) is 2. The summed E-state index contributed by atoms with van der Waals surface area (Å²) in [6, 6.07) is 7.39. The Labute approximate surface area is 110 Å². The van der Waals surface area contributed by atoms with Crippen LogP contribution in [-0.4, -0.2) is 33.5 Å². The van der Waals surface area contributed by atoms with E-state index in [0.29, 0.717) is 0 Å². The molecular weight excluding hydrogens is 242 g/mol. The van der Waals surface area contributed by atoms with Crippen LogP contribution in [0.1, 0.15) is 12.8 Å². The molecule has 1 aromatic carbocycles. The van der Waals surface area contributed by atoms with Crippen molar-refractivity contribution < 1.29 is 4.79 Å². The molecule has 1 aliphatic heterocycles. The topological polar surface area (TPSA) is 71.8 Å². The Balaban J connectivity index is 1.67. The fourth-order valence-electron chi connectivity index (χ4n) is 2.16. The van der Waals surface area contributed by atoms with Crippen LogP contribution in [0.4, 0.5) is 5.69 Å². The predicted molar refractivity (Wildman–Crippen MR) is 71.0 cm³/mol. The van der Waals surface area contributed by atoms with E-state index in [9.17, 15) is 4.79 Å². The van der Waals surface area contributed by atoms with E-state index in [1.807, 2.05) is 24.3 Å². The molecule has 1 fully saturated rings. The molecule has 0 saturated carbocycles. The normalized spacial score (nSPS) is 18.4. The molecule has 1 aliphatic rings. The summed E-state index contributed by atoms with van der Waals surface area (Å²) in [5.41, 5.74) is 1.65. The Kier molecular flexibility index (Phi) is 3.24. The molecule has 1 amide bonds. The van der Waals surface area contributed by atoms with Crippen LogP contribution in [0.15, 0.2) is 36.7 Å². The number of carbonyl (C=O) groups excluding carboxylic acids is 1. The maximum atomic E-state index is 11.9. The lowest BCUT2D eigenvalue weighted by Gasteiger charge is -2.11. The van der Waals surface area contributed by atoms with E-state index in [0.717, 1.165) is 30.8 Å². The zero-order valence-electron chi connectivity index (χ0n) is 10.4. The lowest BCUT2D eigenvalue weighted by Crippen LogP contribution is -2.35. The quantitative estimate of drug-likeness (QED) is 0.859. The van der Waals surface area contributed by atoms with Crippen LogP contribution in [0.3, 0.4) is 0 Å². The monoisotopic (exact) mass is 257 g/mol. The highest BCUT2D eigenvalue weighted by Crippen LogP contribution is 2.13. The predicted octanol–water partition coefficient (Wildman–Crippen LogP) is 0.958. The van der Waals surface area contributed by atoms with Gasteiger partial charge in [0.25, 0.3) is 0 Å². The van der Waals surface area contributed by atoms with Gasteiger partial charge in [0, 0.05) is 5.69 Å². The van der Waals surface area contributed by atoms with E-state index in [1.165, 1.54) is 4.80 Å². The van der Waals surface area contributed by atoms with Crippen LogP contribution >= 0.6 is 0 Å². The molecule has 2 N–H and O–H groups in total. The molecule has 19 heavy (non-hydrogen) atoms. The van der Waals surface area contributed by atoms with Gasteiger partial charge in [0.05, 0.1) is 24.1 Å². The molecule has 0 bridgehead atoms. The fraction of sp³-hybridized carbons (Fsp3) is 0.308. The van der Waals surface area contributed by atoms with Crippen molar-refractivity contribution in [2.75, 3.05) is 11.9 Å². The van der Waals surface area contributed by atoms with Gasteiger partial charge in [0.2, 0.25) is 5.91 Å². The highest BCUT2D eigenvalue weighted by molar-refractivity contribution is 5.95. The number of benzene rings is 1. The molecule has 2 heterocycles. The summed E-state index contributed by atoms with van der Waals surface area (Å²) in [6.07, 6.45) is 5.21. The molecule has 1 aromatic heterocycles. The lowest BCUT2D eigenvalue weighted by atomic mass is 10.2. The number of nitrogens with one attached hydrogen (secondary N) is 2. The first-order chi connectivity index (χ1) is 9.33. The molecule has 1 atom stereocenters. The SMILES string of the molecule is O=C(Nc1ccc(-n2nccn2)cc1)[C@H]1CCCN1. The standard InChI is InChI=1S/C13H15N5O/c19-13(12-2-1-7-14-12)17-10-3-5-11(6-4-10)18-15-8-9-16-18/h3-6,8-9,12,14H,1-2,7H2,(H,17,19)/t12-/m1/s1. The fourth-order valence-corrected chi connectivity index (χ4v) is 2.16. The number of anilines is 1. The molecule has 6 heteroatoms. The van der Waals surface area contributed by atoms with Crippen LogP contribution in [0, 0.1) is 0 Å². The zero-order chi connectivity index (χ0) is 13.1. The Morgan fingerprint density at radius 2 is 2.00 bits per heavy atom. The highest BCUT2D eigenvalue weighted by atomic mass is 16.2. The molecule has 6 nitrogen and oxygen atoms in total. The molecular formula is C13H15N5O. The van der Waals surface area contributed by atoms with Crippen LogP contribution in [0.2, 0.25) is 0 Å². The number of amides is 1. The van der Waals surface area contributed by atoms with Crippen molar-refractivity contribution in [3.8, 4) is 5.69 Å². The zero-order valence-corrected chi connectivity index (χ0v) is 10.4. The van der Waals surface area contributed by atoms with Gasteiger partial charge < -0.3 is 10.6 Å². The second kappa shape index (κ2) is 5.19. The first-order valence-corrected chi connectivity index (χ1v) is 6.34. The number of nitrogens with zero attached hydrogens (tertiary/aromatic N) is 3. The summed E-state index contributed by atoms with van der Waals surface area (Å²) < 4.78 is 0. The third kappa shape index (κ3) is 2.63. The van der Waals surface area contributed by atoms with E-state index < -0.39 is 0 Å². The Morgan fingerprint density at radius 3 is 2.63 bits per heavy atom. The van der Waals surface area contributed by atoms with Crippen molar-refractivity contribution in [2.45, 2.75) is 18.9 Å². The Hall–Kier alpha value is -2.21. The second-order valence-electron chi connectivity index (χ2n) is 4.50. The summed E-state index contributed by atoms with van der Waals surface area (Å²) in [5.74, 6) is 0.0301. The molecule has 0 radical (unpaired) electrons. The average Bonchev–Trinajstić information content (AvgIpc) is 3.13. The third-order valence-corrected chi connectivity index (χ3v) is 3.16. The molecule has 98 valence electrons. The summed E-state index contributed by atoms with van der Waals surface area (Å²) >= 11 is 0. The smallest absolute Gasteiger partial charge is 0.241 e. The summed E-state index contributed by atoms with van der Waals surface area (Å²) in [4.78, 5) is 13.5. The highest BCUT2D eigenvalue weighted by Gasteiger charge is 2.21. The van der Waals surface area contributed by atoms with Crippen LogP contribution in [0.25, 0.3) is 5.69 Å². The van der Waals surface area contributed by atoms with E-state index in [4.69, 9.17) is 0 Å². The van der Waals surface area contributed by atoms with Gasteiger partial charge in [0.1, 0.15) is 0 Å². The number of aromatic nitrogens is 3. The van der Waals surface area contributed by atoms with Crippen molar-refractivity contribution in [1.82, 2.24) is 20.3 Å². The Bertz CT molecular complexity index is 543. The van der Waals surface area contributed by atoms with Crippen LogP contribution in [-0.2, 0) is 4.79 Å². The Morgan fingerprint density at radius 1 is 1.26 bits per heavy atom. The van der Waals surface area contributed by atoms with Crippen molar-refractivity contribution in [3.63, 3.8) is 0 Å². The molecule has 2 aromatic rings. The molecule has 1 saturated heterocycles. The van der Waals surface area contributed by atoms with Gasteiger partial charge in [-0.15, -0.1) is 0 Å². The van der Waals surface area contributed by atoms with Gasteiger partial charge in [-0.25, -0.2) is 0 Å². The number of carbonyl (C=O) groups is 1. The van der Waals surface area contributed by atoms with Crippen molar-refractivity contribution in [2.24, 2.45) is 0 Å². The average molecular weight is 257 g/mol. The molecule has 0 spiro atoms. The van der Waals surface area contributed by atoms with E-state index in [2.05, 4.69) is 20.8 Å². The first-order valence-electron chi connectivity index (χ1n) is 6.34. The van der Waals surface area contributed by atoms with Crippen LogP contribution < -0.4 is 10.6 Å². The molecule has 3 rings (SSSR count). The third-order valence-electron chi connectivity index (χ3n) is 3.16. The summed E-state index contributed by atoms with van der Waals surface area (Å²) in [7, 11) is 0. The van der Waals surface area contributed by atoms with Crippen molar-refractivity contribution in [1.29, 1.82) is 0 Å². The van der Waals surface area contributed by atoms with Gasteiger partial charge in [0.15, 0.2) is 0 Å². The first kappa shape index (κ1) is 11.9. The summed E-state index contributed by atoms with van der Waals surface area (Å²) in [5, 5.41) is 14.2. The van der Waals surface area contributed by atoms with Gasteiger partial charge in [-0.1, -0.05) is 0 Å². The number of rotatable bonds is 3. The second-order valence-corrected chi connectivity index (χ2v) is 4.50. The van der Waals surface area contributed by atoms with E-state index >= 15 is 0 Å². The van der Waals surface area contributed by atoms with Gasteiger partial charge in [-0.2, -0.15) is 15.0 Å². The van der Waals surface area contributed by atoms with E-state index in [-0.39, 0.29) is 11.9 Å². The van der Waals surface area contributed by atoms with Gasteiger partial charge in [-0.3, -0.25) is 4.79 Å². The molecule has 0 aliphatic carbocycles.